The summed E-state index contributed by atoms with van der Waals surface area (Å²) in [4.78, 5) is 0. The van der Waals surface area contributed by atoms with Gasteiger partial charge in [-0.15, -0.1) is 0 Å². The summed E-state index contributed by atoms with van der Waals surface area (Å²) >= 11 is 9.94. The maximum atomic E-state index is 2.88. The fraction of sp³-hybridized carbons (Fsp3) is 0.833. The molecule has 4 rings (SSSR count). The number of hydrogen-bond acceptors (Lipinski definition) is 0. The molecule has 0 radical (unpaired) electrons. The Morgan fingerprint density at radius 2 is 0.429 bits per heavy atom. The van der Waals surface area contributed by atoms with E-state index in [4.69, 9.17) is 0 Å². The van der Waals surface area contributed by atoms with Gasteiger partial charge in [0.2, 0.25) is 0 Å². The van der Waals surface area contributed by atoms with Gasteiger partial charge in [0.1, 0.15) is 0 Å². The predicted molar refractivity (Wildman–Crippen MR) is 127 cm³/mol. The van der Waals surface area contributed by atoms with E-state index in [0.29, 0.717) is 0 Å². The predicted octanol–water partition coefficient (Wildman–Crippen LogP) is 10.3. The number of hydrogen-bond donors (Lipinski definition) is 0. The molecule has 0 unspecified atom stereocenters. The minimum atomic E-state index is 1.38. The van der Waals surface area contributed by atoms with Crippen molar-refractivity contribution in [2.24, 2.45) is 0 Å². The van der Waals surface area contributed by atoms with Crippen molar-refractivity contribution in [3.8, 4) is 0 Å². The fourth-order valence-corrected chi connectivity index (χ4v) is 3.59. The topological polar surface area (TPSA) is 0 Å². The summed E-state index contributed by atoms with van der Waals surface area (Å²) < 4.78 is 0. The van der Waals surface area contributed by atoms with Crippen LogP contribution >= 0.6 is 26.0 Å². The van der Waals surface area contributed by atoms with Gasteiger partial charge in [0, 0.05) is 0 Å². The van der Waals surface area contributed by atoms with Crippen LogP contribution in [0.4, 0.5) is 0 Å². The molecule has 4 aliphatic carbocycles. The smallest absolute Gasteiger partial charge is 0.0582 e. The first-order valence-corrected chi connectivity index (χ1v) is 21.0. The van der Waals surface area contributed by atoms with Crippen molar-refractivity contribution in [3.63, 3.8) is 0 Å². The molecule has 0 saturated heterocycles. The van der Waals surface area contributed by atoms with Crippen molar-refractivity contribution in [1.82, 2.24) is 0 Å². The normalized spacial score (nSPS) is 21.1. The maximum Gasteiger partial charge on any atom is -0.0582 e. The molecule has 0 nitrogen and oxygen atoms in total. The average Bonchev–Trinajstić information content (AvgIpc) is 2.87. The first-order chi connectivity index (χ1) is 14.0. The molecular weight excluding hydrogens is 842 g/mol. The zero-order valence-corrected chi connectivity index (χ0v) is 25.3. The van der Waals surface area contributed by atoms with Crippen LogP contribution in [-0.4, -0.2) is 0 Å². The van der Waals surface area contributed by atoms with Gasteiger partial charge in [-0.2, -0.15) is 51.4 Å². The van der Waals surface area contributed by atoms with Crippen molar-refractivity contribution in [1.29, 1.82) is 0 Å². The average molecular weight is 886 g/mol. The van der Waals surface area contributed by atoms with Gasteiger partial charge in [0.25, 0.3) is 0 Å². The largest absolute Gasteiger partial charge is 0.328 e. The Bertz CT molecular complexity index is 131. The van der Waals surface area contributed by atoms with Crippen LogP contribution in [0.3, 0.4) is 0 Å². The SMILES string of the molecule is [Br][Au].[Br][Au].[CH-]1CCCCC1.[CH-]1CCCCC1.[CH-]1CCCCC1.[CH-]1CCCCC1. The monoisotopic (exact) mass is 884 g/mol. The molecule has 0 heterocycles. The van der Waals surface area contributed by atoms with Gasteiger partial charge >= 0.3 is 63.9 Å². The second-order valence-electron chi connectivity index (χ2n) is 7.71. The standard InChI is InChI=1S/4C6H11.2Au.2BrH/c4*1-2-4-6-5-3-1;;;;/h4*1H,2-6H2;;;2*1H/q4*-1;2*+1;;/p-2. The second kappa shape index (κ2) is 34.1. The van der Waals surface area contributed by atoms with Crippen molar-refractivity contribution in [2.75, 3.05) is 0 Å². The Hall–Kier alpha value is 2.44. The molecule has 4 saturated carbocycles. The van der Waals surface area contributed by atoms with Crippen LogP contribution in [0.15, 0.2) is 0 Å². The Morgan fingerprint density at radius 1 is 0.286 bits per heavy atom. The molecule has 0 aliphatic heterocycles. The Balaban J connectivity index is 0. The van der Waals surface area contributed by atoms with Gasteiger partial charge in [-0.3, -0.25) is 0 Å². The van der Waals surface area contributed by atoms with Crippen molar-refractivity contribution in [2.45, 2.75) is 128 Å². The van der Waals surface area contributed by atoms with Crippen LogP contribution in [0.1, 0.15) is 128 Å². The molecule has 0 amide bonds. The summed E-state index contributed by atoms with van der Waals surface area (Å²) in [5, 5.41) is 0. The van der Waals surface area contributed by atoms with Crippen LogP contribution in [0.2, 0.25) is 0 Å². The first-order valence-electron chi connectivity index (χ1n) is 11.5. The molecule has 0 aromatic carbocycles. The Morgan fingerprint density at radius 3 is 0.464 bits per heavy atom. The van der Waals surface area contributed by atoms with Crippen molar-refractivity contribution in [3.05, 3.63) is 25.7 Å². The summed E-state index contributed by atoms with van der Waals surface area (Å²) in [6.07, 6.45) is 38.0. The van der Waals surface area contributed by atoms with Crippen LogP contribution < -0.4 is 0 Å². The summed E-state index contributed by atoms with van der Waals surface area (Å²) in [6, 6.07) is 0. The third-order valence-electron chi connectivity index (χ3n) is 5.27. The molecule has 4 heteroatoms. The summed E-state index contributed by atoms with van der Waals surface area (Å²) in [6.45, 7) is 0. The van der Waals surface area contributed by atoms with Gasteiger partial charge in [-0.1, -0.05) is 77.0 Å². The molecule has 0 atom stereocenters. The molecule has 180 valence electrons. The first kappa shape index (κ1) is 32.6. The van der Waals surface area contributed by atoms with E-state index < -0.39 is 0 Å². The van der Waals surface area contributed by atoms with E-state index >= 15 is 0 Å². The van der Waals surface area contributed by atoms with E-state index in [0.717, 1.165) is 0 Å². The molecule has 0 aromatic heterocycles. The van der Waals surface area contributed by atoms with Gasteiger partial charge < -0.3 is 25.7 Å². The minimum absolute atomic E-state index is 1.38. The Labute approximate surface area is 216 Å². The van der Waals surface area contributed by atoms with E-state index in [1.165, 1.54) is 128 Å². The van der Waals surface area contributed by atoms with Crippen molar-refractivity contribution < 1.29 is 37.9 Å². The van der Waals surface area contributed by atoms with E-state index in [9.17, 15) is 0 Å². The molecule has 4 aliphatic rings. The summed E-state index contributed by atoms with van der Waals surface area (Å²) in [5.41, 5.74) is 0. The van der Waals surface area contributed by atoms with Crippen molar-refractivity contribution >= 4 is 26.0 Å². The maximum absolute atomic E-state index is 2.88. The summed E-state index contributed by atoms with van der Waals surface area (Å²) in [5.74, 6) is 0. The Kier molecular flexibility index (Phi) is 39.7. The minimum Gasteiger partial charge on any atom is -0.328 e. The van der Waals surface area contributed by atoms with E-state index in [1.807, 2.05) is 0 Å². The van der Waals surface area contributed by atoms with E-state index in [1.54, 1.807) is 0 Å². The van der Waals surface area contributed by atoms with E-state index in [-0.39, 0.29) is 0 Å². The van der Waals surface area contributed by atoms with E-state index in [2.05, 4.69) is 89.6 Å². The van der Waals surface area contributed by atoms with Crippen LogP contribution in [-0.2, 0) is 37.9 Å². The number of rotatable bonds is 0. The van der Waals surface area contributed by atoms with Crippen LogP contribution in [0.25, 0.3) is 0 Å². The molecule has 4 fully saturated rings. The fourth-order valence-electron chi connectivity index (χ4n) is 3.59. The molecule has 0 bridgehead atoms. The van der Waals surface area contributed by atoms with Gasteiger partial charge in [-0.25, -0.2) is 0 Å². The quantitative estimate of drug-likeness (QED) is 0.168. The number of halogens is 2. The van der Waals surface area contributed by atoms with Gasteiger partial charge in [-0.05, 0) is 0 Å². The third-order valence-corrected chi connectivity index (χ3v) is 5.27. The zero-order valence-electron chi connectivity index (χ0n) is 17.8. The zero-order chi connectivity index (χ0) is 21.0. The molecule has 0 spiro atoms. The summed E-state index contributed by atoms with van der Waals surface area (Å²) in [7, 11) is 0. The molecule has 0 N–H and O–H groups in total. The molecule has 28 heavy (non-hydrogen) atoms. The van der Waals surface area contributed by atoms with Crippen LogP contribution in [0.5, 0.6) is 0 Å². The second-order valence-corrected chi connectivity index (χ2v) is 7.71. The van der Waals surface area contributed by atoms with Gasteiger partial charge in [0.15, 0.2) is 0 Å². The molecule has 0 aromatic rings. The van der Waals surface area contributed by atoms with Gasteiger partial charge in [0.05, 0.1) is 0 Å². The molecular formula is C24H44Au2Br2-4. The third kappa shape index (κ3) is 30.6. The van der Waals surface area contributed by atoms with Crippen LogP contribution in [0, 0.1) is 25.7 Å².